The third kappa shape index (κ3) is 4.32. The number of carbonyl (C=O) groups is 2. The lowest BCUT2D eigenvalue weighted by Crippen LogP contribution is -2.47. The van der Waals surface area contributed by atoms with Gasteiger partial charge in [0.05, 0.1) is 6.54 Å². The Balaban J connectivity index is 1.79. The van der Waals surface area contributed by atoms with Crippen molar-refractivity contribution >= 4 is 11.8 Å². The van der Waals surface area contributed by atoms with Crippen LogP contribution in [0.2, 0.25) is 0 Å². The molecule has 3 N–H and O–H groups in total. The van der Waals surface area contributed by atoms with Crippen LogP contribution in [0.4, 0.5) is 13.2 Å². The van der Waals surface area contributed by atoms with Crippen LogP contribution in [-0.2, 0) is 9.59 Å². The van der Waals surface area contributed by atoms with E-state index in [-0.39, 0.29) is 18.0 Å². The zero-order valence-corrected chi connectivity index (χ0v) is 14.7. The minimum absolute atomic E-state index is 0.118. The molecule has 1 atom stereocenters. The molecular formula is C19H18F3N3O3. The van der Waals surface area contributed by atoms with Crippen LogP contribution in [0.25, 0.3) is 11.1 Å². The molecule has 0 radical (unpaired) electrons. The van der Waals surface area contributed by atoms with Gasteiger partial charge in [0.15, 0.2) is 17.5 Å². The number of nitrogens with zero attached hydrogens (tertiary/aromatic N) is 1. The minimum Gasteiger partial charge on any atom is -0.339 e. The largest absolute Gasteiger partial charge is 0.339 e. The monoisotopic (exact) mass is 393 g/mol. The Kier molecular flexibility index (Phi) is 5.96. The first kappa shape index (κ1) is 19.8. The molecular weight excluding hydrogens is 375 g/mol. The summed E-state index contributed by atoms with van der Waals surface area (Å²) in [5.74, 6) is -5.38. The Labute approximate surface area is 158 Å². The number of hydroxylamine groups is 1. The van der Waals surface area contributed by atoms with Gasteiger partial charge >= 0.3 is 0 Å². The molecule has 2 amide bonds. The Morgan fingerprint density at radius 2 is 1.64 bits per heavy atom. The van der Waals surface area contributed by atoms with E-state index in [0.29, 0.717) is 11.1 Å². The molecule has 0 bridgehead atoms. The van der Waals surface area contributed by atoms with Crippen LogP contribution >= 0.6 is 0 Å². The second-order valence-electron chi connectivity index (χ2n) is 6.48. The summed E-state index contributed by atoms with van der Waals surface area (Å²) < 4.78 is 39.9. The van der Waals surface area contributed by atoms with Crippen LogP contribution < -0.4 is 10.8 Å². The molecule has 0 aliphatic carbocycles. The van der Waals surface area contributed by atoms with E-state index in [0.717, 1.165) is 31.6 Å². The third-order valence-corrected chi connectivity index (χ3v) is 4.55. The summed E-state index contributed by atoms with van der Waals surface area (Å²) in [6.07, 6.45) is 1.01. The van der Waals surface area contributed by atoms with E-state index in [1.165, 1.54) is 29.7 Å². The van der Waals surface area contributed by atoms with Gasteiger partial charge in [0, 0.05) is 0 Å². The van der Waals surface area contributed by atoms with Gasteiger partial charge in [-0.1, -0.05) is 24.3 Å². The summed E-state index contributed by atoms with van der Waals surface area (Å²) >= 11 is 0. The van der Waals surface area contributed by atoms with E-state index >= 15 is 0 Å². The van der Waals surface area contributed by atoms with Crippen LogP contribution in [0.15, 0.2) is 36.4 Å². The van der Waals surface area contributed by atoms with E-state index in [2.05, 4.69) is 5.32 Å². The van der Waals surface area contributed by atoms with Gasteiger partial charge in [-0.15, -0.1) is 0 Å². The lowest BCUT2D eigenvalue weighted by atomic mass is 10.00. The van der Waals surface area contributed by atoms with Gasteiger partial charge in [-0.3, -0.25) is 19.7 Å². The van der Waals surface area contributed by atoms with Crippen molar-refractivity contribution in [1.82, 2.24) is 15.7 Å². The van der Waals surface area contributed by atoms with E-state index < -0.39 is 29.4 Å². The predicted molar refractivity (Wildman–Crippen MR) is 93.6 cm³/mol. The van der Waals surface area contributed by atoms with Crippen LogP contribution in [0.5, 0.6) is 0 Å². The van der Waals surface area contributed by atoms with Crippen LogP contribution in [0, 0.1) is 17.5 Å². The van der Waals surface area contributed by atoms with Crippen molar-refractivity contribution in [3.8, 4) is 11.1 Å². The van der Waals surface area contributed by atoms with E-state index in [9.17, 15) is 22.8 Å². The fourth-order valence-electron chi connectivity index (χ4n) is 2.90. The van der Waals surface area contributed by atoms with Gasteiger partial charge in [0.2, 0.25) is 5.91 Å². The Morgan fingerprint density at radius 1 is 1.04 bits per heavy atom. The maximum absolute atomic E-state index is 13.4. The first-order valence-electron chi connectivity index (χ1n) is 8.59. The molecule has 2 aromatic rings. The van der Waals surface area contributed by atoms with Gasteiger partial charge in [0.1, 0.15) is 6.04 Å². The van der Waals surface area contributed by atoms with Crippen LogP contribution in [-0.4, -0.2) is 41.6 Å². The summed E-state index contributed by atoms with van der Waals surface area (Å²) in [5, 5.41) is 11.5. The maximum atomic E-state index is 13.4. The highest BCUT2D eigenvalue weighted by Gasteiger charge is 2.25. The molecule has 1 aliphatic rings. The molecule has 1 fully saturated rings. The van der Waals surface area contributed by atoms with Crippen molar-refractivity contribution in [2.75, 3.05) is 19.6 Å². The molecule has 3 rings (SSSR count). The van der Waals surface area contributed by atoms with Crippen molar-refractivity contribution in [3.05, 3.63) is 59.4 Å². The van der Waals surface area contributed by atoms with Gasteiger partial charge in [-0.05, 0) is 48.3 Å². The highest BCUT2D eigenvalue weighted by Crippen LogP contribution is 2.25. The lowest BCUT2D eigenvalue weighted by molar-refractivity contribution is -0.135. The van der Waals surface area contributed by atoms with Crippen LogP contribution in [0.1, 0.15) is 18.0 Å². The summed E-state index contributed by atoms with van der Waals surface area (Å²) in [4.78, 5) is 26.0. The highest BCUT2D eigenvalue weighted by molar-refractivity contribution is 5.88. The van der Waals surface area contributed by atoms with Gasteiger partial charge in [0.25, 0.3) is 5.91 Å². The normalized spacial score (nSPS) is 14.9. The number of amides is 2. The number of rotatable bonds is 6. The molecule has 1 unspecified atom stereocenters. The molecule has 1 aliphatic heterocycles. The molecule has 28 heavy (non-hydrogen) atoms. The highest BCUT2D eigenvalue weighted by atomic mass is 19.2. The van der Waals surface area contributed by atoms with Gasteiger partial charge in [-0.25, -0.2) is 18.7 Å². The lowest BCUT2D eigenvalue weighted by Gasteiger charge is -2.30. The Morgan fingerprint density at radius 3 is 2.14 bits per heavy atom. The first-order chi connectivity index (χ1) is 13.4. The van der Waals surface area contributed by atoms with Crippen molar-refractivity contribution < 1.29 is 28.0 Å². The van der Waals surface area contributed by atoms with E-state index in [4.69, 9.17) is 5.21 Å². The SMILES string of the molecule is O=C(CN1CCC1)NC(C(=O)NO)c1ccc(-c2cc(F)c(F)c(F)c2)cc1. The third-order valence-electron chi connectivity index (χ3n) is 4.55. The molecule has 9 heteroatoms. The molecule has 1 saturated heterocycles. The number of benzene rings is 2. The Hall–Kier alpha value is -2.91. The molecule has 0 saturated carbocycles. The molecule has 0 aromatic heterocycles. The van der Waals surface area contributed by atoms with Crippen molar-refractivity contribution in [2.24, 2.45) is 0 Å². The van der Waals surface area contributed by atoms with Gasteiger partial charge in [-0.2, -0.15) is 0 Å². The van der Waals surface area contributed by atoms with Crippen molar-refractivity contribution in [1.29, 1.82) is 0 Å². The summed E-state index contributed by atoms with van der Waals surface area (Å²) in [5.41, 5.74) is 2.37. The molecule has 2 aromatic carbocycles. The van der Waals surface area contributed by atoms with Crippen LogP contribution in [0.3, 0.4) is 0 Å². The quantitative estimate of drug-likeness (QED) is 0.399. The number of hydrogen-bond donors (Lipinski definition) is 3. The zero-order chi connectivity index (χ0) is 20.3. The van der Waals surface area contributed by atoms with E-state index in [1.807, 2.05) is 4.90 Å². The topological polar surface area (TPSA) is 81.7 Å². The van der Waals surface area contributed by atoms with E-state index in [1.54, 1.807) is 0 Å². The number of carbonyl (C=O) groups excluding carboxylic acids is 2. The summed E-state index contributed by atoms with van der Waals surface area (Å²) in [6, 6.07) is 6.47. The number of halogens is 3. The minimum atomic E-state index is -1.55. The maximum Gasteiger partial charge on any atom is 0.270 e. The van der Waals surface area contributed by atoms with Gasteiger partial charge < -0.3 is 5.32 Å². The fourth-order valence-corrected chi connectivity index (χ4v) is 2.90. The smallest absolute Gasteiger partial charge is 0.270 e. The summed E-state index contributed by atoms with van der Waals surface area (Å²) in [6.45, 7) is 1.76. The number of hydrogen-bond acceptors (Lipinski definition) is 4. The van der Waals surface area contributed by atoms with Crippen molar-refractivity contribution in [3.63, 3.8) is 0 Å². The average Bonchev–Trinajstić information content (AvgIpc) is 2.66. The number of nitrogens with one attached hydrogen (secondary N) is 2. The fraction of sp³-hybridized carbons (Fsp3) is 0.263. The second-order valence-corrected chi connectivity index (χ2v) is 6.48. The number of likely N-dealkylation sites (tertiary alicyclic amines) is 1. The molecule has 148 valence electrons. The predicted octanol–water partition coefficient (Wildman–Crippen LogP) is 2.14. The van der Waals surface area contributed by atoms with Crippen molar-refractivity contribution in [2.45, 2.75) is 12.5 Å². The zero-order valence-electron chi connectivity index (χ0n) is 14.7. The molecule has 1 heterocycles. The second kappa shape index (κ2) is 8.41. The molecule has 0 spiro atoms. The first-order valence-corrected chi connectivity index (χ1v) is 8.59. The molecule has 6 nitrogen and oxygen atoms in total. The standard InChI is InChI=1S/C19H18F3N3O3/c20-14-8-13(9-15(21)17(14)22)11-2-4-12(5-3-11)18(19(27)24-28)23-16(26)10-25-6-1-7-25/h2-5,8-9,18,28H,1,6-7,10H2,(H,23,26)(H,24,27). The Bertz CT molecular complexity index is 863. The average molecular weight is 393 g/mol. The summed E-state index contributed by atoms with van der Waals surface area (Å²) in [7, 11) is 0.